The van der Waals surface area contributed by atoms with Crippen LogP contribution in [0.4, 0.5) is 13.2 Å². The Balaban J connectivity index is 2.48. The van der Waals surface area contributed by atoms with E-state index in [2.05, 4.69) is 14.5 Å². The number of halogens is 4. The minimum Gasteiger partial charge on any atom is -0.465 e. The number of pyridine rings is 1. The lowest BCUT2D eigenvalue weighted by Gasteiger charge is -2.11. The summed E-state index contributed by atoms with van der Waals surface area (Å²) in [5.74, 6) is -1.16. The van der Waals surface area contributed by atoms with E-state index in [1.165, 1.54) is 25.4 Å². The van der Waals surface area contributed by atoms with Crippen LogP contribution in [-0.2, 0) is 4.74 Å². The average Bonchev–Trinajstić information content (AvgIpc) is 2.36. The van der Waals surface area contributed by atoms with Crippen molar-refractivity contribution in [3.05, 3.63) is 35.0 Å². The van der Waals surface area contributed by atoms with E-state index in [-0.39, 0.29) is 16.1 Å². The summed E-state index contributed by atoms with van der Waals surface area (Å²) < 4.78 is 44.8. The summed E-state index contributed by atoms with van der Waals surface area (Å²) in [4.78, 5) is 15.2. The Morgan fingerprint density at radius 3 is 2.60 bits per heavy atom. The Morgan fingerprint density at radius 2 is 2.00 bits per heavy atom. The van der Waals surface area contributed by atoms with Gasteiger partial charge in [0.1, 0.15) is 5.75 Å². The molecule has 2 aromatic rings. The Hall–Kier alpha value is -2.02. The molecule has 2 rings (SSSR count). The molecule has 106 valence electrons. The van der Waals surface area contributed by atoms with Gasteiger partial charge in [0, 0.05) is 17.6 Å². The highest BCUT2D eigenvalue weighted by atomic mass is 35.5. The van der Waals surface area contributed by atoms with Gasteiger partial charge in [0.25, 0.3) is 0 Å². The molecule has 1 aromatic carbocycles. The summed E-state index contributed by atoms with van der Waals surface area (Å²) in [5, 5.41) is 0.158. The number of fused-ring (bicyclic) bond motifs is 1. The molecule has 1 aromatic heterocycles. The quantitative estimate of drug-likeness (QED) is 0.796. The van der Waals surface area contributed by atoms with Gasteiger partial charge in [-0.05, 0) is 12.1 Å². The molecule has 0 atom stereocenters. The third-order valence-corrected chi connectivity index (χ3v) is 2.68. The molecule has 1 heterocycles. The van der Waals surface area contributed by atoms with Crippen LogP contribution in [-0.4, -0.2) is 24.4 Å². The van der Waals surface area contributed by atoms with Crippen molar-refractivity contribution in [2.24, 2.45) is 0 Å². The fourth-order valence-electron chi connectivity index (χ4n) is 1.56. The lowest BCUT2D eigenvalue weighted by molar-refractivity contribution is -0.274. The SMILES string of the molecule is COC(=O)c1cnc2cc(OC(F)(F)F)c(Cl)cc2c1. The Kier molecular flexibility index (Phi) is 3.71. The highest BCUT2D eigenvalue weighted by molar-refractivity contribution is 6.32. The molecule has 0 unspecified atom stereocenters. The summed E-state index contributed by atoms with van der Waals surface area (Å²) in [6.45, 7) is 0. The van der Waals surface area contributed by atoms with Gasteiger partial charge in [0.2, 0.25) is 0 Å². The zero-order valence-corrected chi connectivity index (χ0v) is 10.7. The van der Waals surface area contributed by atoms with Crippen LogP contribution in [0, 0.1) is 0 Å². The summed E-state index contributed by atoms with van der Waals surface area (Å²) in [6.07, 6.45) is -3.65. The smallest absolute Gasteiger partial charge is 0.465 e. The highest BCUT2D eigenvalue weighted by Crippen LogP contribution is 2.33. The topological polar surface area (TPSA) is 48.4 Å². The third-order valence-electron chi connectivity index (χ3n) is 2.38. The third kappa shape index (κ3) is 3.11. The molecular formula is C12H7ClF3NO3. The largest absolute Gasteiger partial charge is 0.573 e. The highest BCUT2D eigenvalue weighted by Gasteiger charge is 2.32. The average molecular weight is 306 g/mol. The lowest BCUT2D eigenvalue weighted by Crippen LogP contribution is -2.17. The van der Waals surface area contributed by atoms with Crippen molar-refractivity contribution in [1.29, 1.82) is 0 Å². The molecule has 0 bridgehead atoms. The maximum Gasteiger partial charge on any atom is 0.573 e. The molecule has 4 nitrogen and oxygen atoms in total. The molecule has 0 saturated carbocycles. The Bertz CT molecular complexity index is 673. The van der Waals surface area contributed by atoms with Gasteiger partial charge in [-0.1, -0.05) is 11.6 Å². The van der Waals surface area contributed by atoms with Crippen LogP contribution >= 0.6 is 11.6 Å². The van der Waals surface area contributed by atoms with Crippen LogP contribution < -0.4 is 4.74 Å². The molecule has 0 N–H and O–H groups in total. The number of nitrogens with zero attached hydrogens (tertiary/aromatic N) is 1. The number of carbonyl (C=O) groups excluding carboxylic acids is 1. The summed E-state index contributed by atoms with van der Waals surface area (Å²) in [5.41, 5.74) is 0.377. The zero-order chi connectivity index (χ0) is 14.9. The maximum absolute atomic E-state index is 12.2. The number of alkyl halides is 3. The van der Waals surface area contributed by atoms with Crippen molar-refractivity contribution in [2.45, 2.75) is 6.36 Å². The number of hydrogen-bond donors (Lipinski definition) is 0. The predicted molar refractivity (Wildman–Crippen MR) is 64.8 cm³/mol. The van der Waals surface area contributed by atoms with E-state index in [4.69, 9.17) is 11.6 Å². The van der Waals surface area contributed by atoms with Gasteiger partial charge in [0.15, 0.2) is 0 Å². The van der Waals surface area contributed by atoms with Gasteiger partial charge in [-0.3, -0.25) is 4.98 Å². The molecule has 0 amide bonds. The van der Waals surface area contributed by atoms with Crippen LogP contribution in [0.3, 0.4) is 0 Å². The van der Waals surface area contributed by atoms with E-state index in [1.807, 2.05) is 0 Å². The van der Waals surface area contributed by atoms with Gasteiger partial charge in [-0.25, -0.2) is 4.79 Å². The van der Waals surface area contributed by atoms with Gasteiger partial charge in [-0.15, -0.1) is 13.2 Å². The molecular weight excluding hydrogens is 299 g/mol. The molecule has 0 aliphatic carbocycles. The van der Waals surface area contributed by atoms with E-state index >= 15 is 0 Å². The van der Waals surface area contributed by atoms with Gasteiger partial charge < -0.3 is 9.47 Å². The first-order chi connectivity index (χ1) is 9.30. The number of aromatic nitrogens is 1. The Morgan fingerprint density at radius 1 is 1.30 bits per heavy atom. The van der Waals surface area contributed by atoms with Crippen LogP contribution in [0.1, 0.15) is 10.4 Å². The zero-order valence-electron chi connectivity index (χ0n) is 9.99. The second kappa shape index (κ2) is 5.16. The minimum atomic E-state index is -4.84. The van der Waals surface area contributed by atoms with Crippen LogP contribution in [0.5, 0.6) is 5.75 Å². The summed E-state index contributed by atoms with van der Waals surface area (Å²) >= 11 is 5.71. The van der Waals surface area contributed by atoms with Gasteiger partial charge in [-0.2, -0.15) is 0 Å². The van der Waals surface area contributed by atoms with Gasteiger partial charge >= 0.3 is 12.3 Å². The summed E-state index contributed by atoms with van der Waals surface area (Å²) in [7, 11) is 1.21. The second-order valence-electron chi connectivity index (χ2n) is 3.74. The standard InChI is InChI=1S/C12H7ClF3NO3/c1-19-11(18)7-2-6-3-8(13)10(20-12(14,15)16)4-9(6)17-5-7/h2-5H,1H3. The fourth-order valence-corrected chi connectivity index (χ4v) is 1.77. The first kappa shape index (κ1) is 14.4. The van der Waals surface area contributed by atoms with Crippen molar-refractivity contribution in [2.75, 3.05) is 7.11 Å². The van der Waals surface area contributed by atoms with Gasteiger partial charge in [0.05, 0.1) is 23.2 Å². The molecule has 8 heteroatoms. The van der Waals surface area contributed by atoms with Crippen molar-refractivity contribution in [3.8, 4) is 5.75 Å². The molecule has 0 fully saturated rings. The van der Waals surface area contributed by atoms with E-state index < -0.39 is 18.1 Å². The fraction of sp³-hybridized carbons (Fsp3) is 0.167. The summed E-state index contributed by atoms with van der Waals surface area (Å²) in [6, 6.07) is 3.70. The van der Waals surface area contributed by atoms with Crippen molar-refractivity contribution in [3.63, 3.8) is 0 Å². The molecule has 0 aliphatic rings. The molecule has 0 radical (unpaired) electrons. The number of esters is 1. The van der Waals surface area contributed by atoms with E-state index in [1.54, 1.807) is 0 Å². The Labute approximate surface area is 116 Å². The van der Waals surface area contributed by atoms with Crippen LogP contribution in [0.15, 0.2) is 24.4 Å². The van der Waals surface area contributed by atoms with Crippen molar-refractivity contribution in [1.82, 2.24) is 4.98 Å². The first-order valence-electron chi connectivity index (χ1n) is 5.23. The molecule has 20 heavy (non-hydrogen) atoms. The number of benzene rings is 1. The van der Waals surface area contributed by atoms with Crippen molar-refractivity contribution < 1.29 is 27.4 Å². The van der Waals surface area contributed by atoms with E-state index in [0.29, 0.717) is 5.39 Å². The molecule has 0 saturated heterocycles. The number of rotatable bonds is 2. The lowest BCUT2D eigenvalue weighted by atomic mass is 10.1. The van der Waals surface area contributed by atoms with E-state index in [9.17, 15) is 18.0 Å². The maximum atomic E-state index is 12.2. The second-order valence-corrected chi connectivity index (χ2v) is 4.15. The number of hydrogen-bond acceptors (Lipinski definition) is 4. The predicted octanol–water partition coefficient (Wildman–Crippen LogP) is 3.57. The van der Waals surface area contributed by atoms with Crippen LogP contribution in [0.2, 0.25) is 5.02 Å². The monoisotopic (exact) mass is 305 g/mol. The normalized spacial score (nSPS) is 11.4. The first-order valence-corrected chi connectivity index (χ1v) is 5.61. The number of ether oxygens (including phenoxy) is 2. The van der Waals surface area contributed by atoms with Crippen LogP contribution in [0.25, 0.3) is 10.9 Å². The van der Waals surface area contributed by atoms with E-state index in [0.717, 1.165) is 6.07 Å². The molecule has 0 spiro atoms. The number of carbonyl (C=O) groups is 1. The molecule has 0 aliphatic heterocycles. The minimum absolute atomic E-state index is 0.167. The number of methoxy groups -OCH3 is 1. The van der Waals surface area contributed by atoms with Crippen molar-refractivity contribution >= 4 is 28.5 Å².